The van der Waals surface area contributed by atoms with E-state index in [2.05, 4.69) is 20.0 Å². The Hall–Kier alpha value is -3.86. The highest BCUT2D eigenvalue weighted by Crippen LogP contribution is 2.27. The van der Waals surface area contributed by atoms with Gasteiger partial charge in [-0.2, -0.15) is 0 Å². The Kier molecular flexibility index (Phi) is 6.88. The SMILES string of the molecule is COc1cc(OC)cc(OCC(=O)Nc2ccc(S(=O)(=O)Nc3ncccn3)cc2)c1. The van der Waals surface area contributed by atoms with Gasteiger partial charge in [0, 0.05) is 36.3 Å². The molecule has 31 heavy (non-hydrogen) atoms. The van der Waals surface area contributed by atoms with Crippen LogP contribution in [0.1, 0.15) is 0 Å². The Morgan fingerprint density at radius 1 is 0.935 bits per heavy atom. The predicted octanol–water partition coefficient (Wildman–Crippen LogP) is 2.31. The molecule has 0 saturated heterocycles. The Morgan fingerprint density at radius 3 is 2.10 bits per heavy atom. The van der Waals surface area contributed by atoms with Gasteiger partial charge in [-0.3, -0.25) is 4.79 Å². The predicted molar refractivity (Wildman–Crippen MR) is 113 cm³/mol. The summed E-state index contributed by atoms with van der Waals surface area (Å²) in [7, 11) is -0.831. The van der Waals surface area contributed by atoms with Crippen molar-refractivity contribution in [1.82, 2.24) is 9.97 Å². The average molecular weight is 444 g/mol. The first-order chi connectivity index (χ1) is 14.9. The van der Waals surface area contributed by atoms with Gasteiger partial charge in [-0.25, -0.2) is 23.1 Å². The minimum Gasteiger partial charge on any atom is -0.496 e. The van der Waals surface area contributed by atoms with E-state index in [9.17, 15) is 13.2 Å². The zero-order chi connectivity index (χ0) is 22.3. The van der Waals surface area contributed by atoms with Crippen molar-refractivity contribution < 1.29 is 27.4 Å². The molecule has 1 heterocycles. The standard InChI is InChI=1S/C20H20N4O6S/c1-28-15-10-16(29-2)12-17(11-15)30-13-19(25)23-14-4-6-18(7-5-14)31(26,27)24-20-21-8-3-9-22-20/h3-12H,13H2,1-2H3,(H,23,25)(H,21,22,24). The van der Waals surface area contributed by atoms with Crippen molar-refractivity contribution in [1.29, 1.82) is 0 Å². The van der Waals surface area contributed by atoms with Crippen LogP contribution < -0.4 is 24.2 Å². The van der Waals surface area contributed by atoms with E-state index in [-0.39, 0.29) is 17.5 Å². The number of anilines is 2. The van der Waals surface area contributed by atoms with Gasteiger partial charge < -0.3 is 19.5 Å². The van der Waals surface area contributed by atoms with Crippen LogP contribution in [0.5, 0.6) is 17.2 Å². The van der Waals surface area contributed by atoms with Gasteiger partial charge in [0.1, 0.15) is 17.2 Å². The lowest BCUT2D eigenvalue weighted by molar-refractivity contribution is -0.118. The van der Waals surface area contributed by atoms with Gasteiger partial charge in [-0.1, -0.05) is 0 Å². The van der Waals surface area contributed by atoms with Crippen LogP contribution in [-0.2, 0) is 14.8 Å². The molecular formula is C20H20N4O6S. The summed E-state index contributed by atoms with van der Waals surface area (Å²) in [5.74, 6) is 1.00. The number of aromatic nitrogens is 2. The van der Waals surface area contributed by atoms with E-state index in [0.717, 1.165) is 0 Å². The molecule has 0 aliphatic rings. The number of hydrogen-bond donors (Lipinski definition) is 2. The third-order valence-corrected chi connectivity index (χ3v) is 5.28. The number of carbonyl (C=O) groups is 1. The summed E-state index contributed by atoms with van der Waals surface area (Å²) < 4.78 is 42.8. The number of benzene rings is 2. The molecule has 3 rings (SSSR count). The van der Waals surface area contributed by atoms with Crippen LogP contribution in [0.25, 0.3) is 0 Å². The first-order valence-corrected chi connectivity index (χ1v) is 10.4. The quantitative estimate of drug-likeness (QED) is 0.514. The third-order valence-electron chi connectivity index (χ3n) is 3.93. The van der Waals surface area contributed by atoms with Gasteiger partial charge in [0.25, 0.3) is 15.9 Å². The largest absolute Gasteiger partial charge is 0.496 e. The minimum absolute atomic E-state index is 0.00215. The molecule has 0 bridgehead atoms. The van der Waals surface area contributed by atoms with Gasteiger partial charge in [0.15, 0.2) is 6.61 Å². The molecule has 0 unspecified atom stereocenters. The van der Waals surface area contributed by atoms with Gasteiger partial charge >= 0.3 is 0 Å². The number of amides is 1. The lowest BCUT2D eigenvalue weighted by Crippen LogP contribution is -2.20. The van der Waals surface area contributed by atoms with E-state index >= 15 is 0 Å². The van der Waals surface area contributed by atoms with E-state index in [4.69, 9.17) is 14.2 Å². The van der Waals surface area contributed by atoms with E-state index in [1.807, 2.05) is 0 Å². The fraction of sp³-hybridized carbons (Fsp3) is 0.150. The van der Waals surface area contributed by atoms with Crippen LogP contribution in [0.2, 0.25) is 0 Å². The first-order valence-electron chi connectivity index (χ1n) is 8.95. The molecule has 1 aromatic heterocycles. The van der Waals surface area contributed by atoms with Crippen molar-refractivity contribution >= 4 is 27.6 Å². The summed E-state index contributed by atoms with van der Waals surface area (Å²) in [4.78, 5) is 19.8. The van der Waals surface area contributed by atoms with E-state index < -0.39 is 15.9 Å². The van der Waals surface area contributed by atoms with Crippen LogP contribution in [0.3, 0.4) is 0 Å². The van der Waals surface area contributed by atoms with Crippen LogP contribution in [0.15, 0.2) is 65.8 Å². The Balaban J connectivity index is 1.59. The number of ether oxygens (including phenoxy) is 3. The van der Waals surface area contributed by atoms with Crippen molar-refractivity contribution in [3.8, 4) is 17.2 Å². The van der Waals surface area contributed by atoms with Crippen molar-refractivity contribution in [2.24, 2.45) is 0 Å². The maximum atomic E-state index is 12.4. The van der Waals surface area contributed by atoms with Gasteiger partial charge in [-0.05, 0) is 30.3 Å². The molecule has 11 heteroatoms. The molecule has 0 spiro atoms. The molecule has 0 aliphatic carbocycles. The monoisotopic (exact) mass is 444 g/mol. The molecule has 10 nitrogen and oxygen atoms in total. The number of methoxy groups -OCH3 is 2. The summed E-state index contributed by atoms with van der Waals surface area (Å²) in [6.07, 6.45) is 2.85. The highest BCUT2D eigenvalue weighted by atomic mass is 32.2. The molecule has 3 aromatic rings. The van der Waals surface area contributed by atoms with E-state index in [1.54, 1.807) is 24.3 Å². The molecule has 2 N–H and O–H groups in total. The molecule has 0 fully saturated rings. The van der Waals surface area contributed by atoms with Crippen molar-refractivity contribution in [2.75, 3.05) is 30.9 Å². The number of carbonyl (C=O) groups excluding carboxylic acids is 1. The number of sulfonamides is 1. The van der Waals surface area contributed by atoms with Crippen molar-refractivity contribution in [3.63, 3.8) is 0 Å². The number of nitrogens with zero attached hydrogens (tertiary/aromatic N) is 2. The first kappa shape index (κ1) is 21.8. The smallest absolute Gasteiger partial charge is 0.264 e. The summed E-state index contributed by atoms with van der Waals surface area (Å²) >= 11 is 0. The van der Waals surface area contributed by atoms with Crippen LogP contribution in [0, 0.1) is 0 Å². The van der Waals surface area contributed by atoms with Crippen molar-refractivity contribution in [3.05, 3.63) is 60.9 Å². The van der Waals surface area contributed by atoms with Crippen LogP contribution >= 0.6 is 0 Å². The molecule has 0 radical (unpaired) electrons. The second kappa shape index (κ2) is 9.76. The topological polar surface area (TPSA) is 129 Å². The zero-order valence-electron chi connectivity index (χ0n) is 16.7. The minimum atomic E-state index is -3.85. The molecule has 162 valence electrons. The van der Waals surface area contributed by atoms with Gasteiger partial charge in [0.2, 0.25) is 5.95 Å². The normalized spacial score (nSPS) is 10.8. The summed E-state index contributed by atoms with van der Waals surface area (Å²) in [6, 6.07) is 12.1. The lowest BCUT2D eigenvalue weighted by atomic mass is 10.3. The number of nitrogens with one attached hydrogen (secondary N) is 2. The van der Waals surface area contributed by atoms with Crippen molar-refractivity contribution in [2.45, 2.75) is 4.90 Å². The molecule has 0 saturated carbocycles. The van der Waals surface area contributed by atoms with E-state index in [0.29, 0.717) is 22.9 Å². The van der Waals surface area contributed by atoms with Crippen LogP contribution in [0.4, 0.5) is 11.6 Å². The molecule has 0 atom stereocenters. The molecular weight excluding hydrogens is 424 g/mol. The summed E-state index contributed by atoms with van der Waals surface area (Å²) in [5.41, 5.74) is 0.409. The number of rotatable bonds is 9. The van der Waals surface area contributed by atoms with Gasteiger partial charge in [-0.15, -0.1) is 0 Å². The summed E-state index contributed by atoms with van der Waals surface area (Å²) in [5, 5.41) is 2.63. The molecule has 2 aromatic carbocycles. The fourth-order valence-corrected chi connectivity index (χ4v) is 3.42. The van der Waals surface area contributed by atoms with E-state index in [1.165, 1.54) is 50.9 Å². The molecule has 1 amide bonds. The Bertz CT molecular complexity index is 1120. The number of hydrogen-bond acceptors (Lipinski definition) is 8. The maximum absolute atomic E-state index is 12.4. The van der Waals surface area contributed by atoms with Gasteiger partial charge in [0.05, 0.1) is 19.1 Å². The maximum Gasteiger partial charge on any atom is 0.264 e. The highest BCUT2D eigenvalue weighted by molar-refractivity contribution is 7.92. The average Bonchev–Trinajstić information content (AvgIpc) is 2.78. The third kappa shape index (κ3) is 6.06. The second-order valence-electron chi connectivity index (χ2n) is 6.09. The second-order valence-corrected chi connectivity index (χ2v) is 7.77. The summed E-state index contributed by atoms with van der Waals surface area (Å²) in [6.45, 7) is -0.261. The fourth-order valence-electron chi connectivity index (χ4n) is 2.46. The highest BCUT2D eigenvalue weighted by Gasteiger charge is 2.15. The molecule has 0 aliphatic heterocycles. The van der Waals surface area contributed by atoms with Crippen LogP contribution in [-0.4, -0.2) is 45.1 Å². The zero-order valence-corrected chi connectivity index (χ0v) is 17.5. The Morgan fingerprint density at radius 2 is 1.52 bits per heavy atom. The lowest BCUT2D eigenvalue weighted by Gasteiger charge is -2.11. The Labute approximate surface area is 179 Å².